The summed E-state index contributed by atoms with van der Waals surface area (Å²) in [5, 5.41) is 11.3. The van der Waals surface area contributed by atoms with Gasteiger partial charge in [0.15, 0.2) is 0 Å². The topological polar surface area (TPSA) is 93.5 Å². The van der Waals surface area contributed by atoms with E-state index in [-0.39, 0.29) is 24.7 Å². The number of sulfonamides is 1. The number of rotatable bonds is 3. The van der Waals surface area contributed by atoms with E-state index in [9.17, 15) is 13.2 Å². The van der Waals surface area contributed by atoms with Crippen molar-refractivity contribution in [2.45, 2.75) is 50.3 Å². The third-order valence-corrected chi connectivity index (χ3v) is 7.59. The van der Waals surface area contributed by atoms with Crippen molar-refractivity contribution in [3.05, 3.63) is 35.4 Å². The summed E-state index contributed by atoms with van der Waals surface area (Å²) in [6.45, 7) is 7.19. The van der Waals surface area contributed by atoms with Gasteiger partial charge in [0.1, 0.15) is 5.25 Å². The molecule has 1 aromatic rings. The first-order chi connectivity index (χ1) is 13.1. The SMILES string of the molecule is CC(C)(C)NC(=O)N1CC(S(=O)(=O)N2CCC(c3ccc(C#N)cc3)CC2)C1. The summed E-state index contributed by atoms with van der Waals surface area (Å²) >= 11 is 0. The molecular formula is C20H28N4O3S. The highest BCUT2D eigenvalue weighted by Gasteiger charge is 2.44. The second-order valence-electron chi connectivity index (χ2n) is 8.66. The Kier molecular flexibility index (Phi) is 5.69. The zero-order chi connectivity index (χ0) is 20.5. The molecular weight excluding hydrogens is 376 g/mol. The molecule has 0 aromatic heterocycles. The normalized spacial score (nSPS) is 19.7. The Hall–Kier alpha value is -2.11. The second-order valence-corrected chi connectivity index (χ2v) is 10.9. The summed E-state index contributed by atoms with van der Waals surface area (Å²) in [5.74, 6) is 0.314. The summed E-state index contributed by atoms with van der Waals surface area (Å²) < 4.78 is 27.3. The largest absolute Gasteiger partial charge is 0.333 e. The van der Waals surface area contributed by atoms with Crippen LogP contribution >= 0.6 is 0 Å². The van der Waals surface area contributed by atoms with Crippen molar-refractivity contribution >= 4 is 16.1 Å². The predicted molar refractivity (Wildman–Crippen MR) is 107 cm³/mol. The average molecular weight is 405 g/mol. The van der Waals surface area contributed by atoms with Crippen LogP contribution in [0.5, 0.6) is 0 Å². The van der Waals surface area contributed by atoms with Crippen molar-refractivity contribution in [2.24, 2.45) is 0 Å². The fourth-order valence-electron chi connectivity index (χ4n) is 3.68. The number of amides is 2. The molecule has 8 heteroatoms. The van der Waals surface area contributed by atoms with Gasteiger partial charge in [0.25, 0.3) is 0 Å². The second kappa shape index (κ2) is 7.72. The van der Waals surface area contributed by atoms with Gasteiger partial charge in [-0.1, -0.05) is 12.1 Å². The first-order valence-corrected chi connectivity index (χ1v) is 11.2. The van der Waals surface area contributed by atoms with Gasteiger partial charge in [-0.05, 0) is 57.2 Å². The van der Waals surface area contributed by atoms with E-state index in [4.69, 9.17) is 5.26 Å². The van der Waals surface area contributed by atoms with Gasteiger partial charge in [-0.15, -0.1) is 0 Å². The van der Waals surface area contributed by atoms with E-state index < -0.39 is 15.3 Å². The zero-order valence-corrected chi connectivity index (χ0v) is 17.5. The lowest BCUT2D eigenvalue weighted by Crippen LogP contribution is -2.63. The van der Waals surface area contributed by atoms with Crippen LogP contribution in [0.4, 0.5) is 4.79 Å². The van der Waals surface area contributed by atoms with Crippen LogP contribution in [0.1, 0.15) is 50.7 Å². The van der Waals surface area contributed by atoms with Crippen LogP contribution in [-0.4, -0.2) is 60.6 Å². The third-order valence-electron chi connectivity index (χ3n) is 5.36. The number of hydrogen-bond acceptors (Lipinski definition) is 4. The number of piperidine rings is 1. The maximum atomic E-state index is 12.9. The average Bonchev–Trinajstić information content (AvgIpc) is 2.59. The Morgan fingerprint density at radius 1 is 1.14 bits per heavy atom. The summed E-state index contributed by atoms with van der Waals surface area (Å²) in [6, 6.07) is 9.45. The molecule has 0 bridgehead atoms. The summed E-state index contributed by atoms with van der Waals surface area (Å²) in [6.07, 6.45) is 1.54. The number of nitrogens with zero attached hydrogens (tertiary/aromatic N) is 3. The molecule has 2 amide bonds. The molecule has 2 aliphatic rings. The van der Waals surface area contributed by atoms with Crippen molar-refractivity contribution in [1.29, 1.82) is 5.26 Å². The fourth-order valence-corrected chi connectivity index (χ4v) is 5.55. The van der Waals surface area contributed by atoms with Crippen LogP contribution in [0.15, 0.2) is 24.3 Å². The van der Waals surface area contributed by atoms with Crippen molar-refractivity contribution in [3.8, 4) is 6.07 Å². The van der Waals surface area contributed by atoms with Crippen molar-refractivity contribution in [1.82, 2.24) is 14.5 Å². The first kappa shape index (κ1) is 20.6. The van der Waals surface area contributed by atoms with E-state index in [1.165, 1.54) is 0 Å². The van der Waals surface area contributed by atoms with Gasteiger partial charge < -0.3 is 10.2 Å². The van der Waals surface area contributed by atoms with E-state index in [1.807, 2.05) is 45.0 Å². The molecule has 2 aliphatic heterocycles. The maximum Gasteiger partial charge on any atom is 0.317 e. The first-order valence-electron chi connectivity index (χ1n) is 9.66. The van der Waals surface area contributed by atoms with Crippen LogP contribution in [0.25, 0.3) is 0 Å². The van der Waals surface area contributed by atoms with Gasteiger partial charge in [-0.2, -0.15) is 5.26 Å². The number of nitrogens with one attached hydrogen (secondary N) is 1. The lowest BCUT2D eigenvalue weighted by Gasteiger charge is -2.43. The van der Waals surface area contributed by atoms with E-state index in [0.29, 0.717) is 24.6 Å². The van der Waals surface area contributed by atoms with E-state index in [0.717, 1.165) is 18.4 Å². The number of urea groups is 1. The molecule has 2 heterocycles. The number of carbonyl (C=O) groups excluding carboxylic acids is 1. The molecule has 0 saturated carbocycles. The minimum Gasteiger partial charge on any atom is -0.333 e. The molecule has 2 saturated heterocycles. The molecule has 0 atom stereocenters. The summed E-state index contributed by atoms with van der Waals surface area (Å²) in [4.78, 5) is 13.7. The monoisotopic (exact) mass is 404 g/mol. The number of hydrogen-bond donors (Lipinski definition) is 1. The predicted octanol–water partition coefficient (Wildman–Crippen LogP) is 2.26. The molecule has 2 fully saturated rings. The van der Waals surface area contributed by atoms with Crippen LogP contribution in [0.2, 0.25) is 0 Å². The van der Waals surface area contributed by atoms with Crippen molar-refractivity contribution < 1.29 is 13.2 Å². The standard InChI is InChI=1S/C20H28N4O3S/c1-20(2,3)22-19(25)23-13-18(14-23)28(26,27)24-10-8-17(9-11-24)16-6-4-15(12-21)5-7-16/h4-7,17-18H,8-11,13-14H2,1-3H3,(H,22,25). The molecule has 152 valence electrons. The molecule has 7 nitrogen and oxygen atoms in total. The van der Waals surface area contributed by atoms with Gasteiger partial charge in [-0.3, -0.25) is 0 Å². The van der Waals surface area contributed by atoms with E-state index >= 15 is 0 Å². The summed E-state index contributed by atoms with van der Waals surface area (Å²) in [5.41, 5.74) is 1.45. The van der Waals surface area contributed by atoms with Crippen molar-refractivity contribution in [3.63, 3.8) is 0 Å². The Labute approximate surface area is 167 Å². The quantitative estimate of drug-likeness (QED) is 0.836. The number of benzene rings is 1. The van der Waals surface area contributed by atoms with Gasteiger partial charge >= 0.3 is 6.03 Å². The molecule has 0 unspecified atom stereocenters. The van der Waals surface area contributed by atoms with Gasteiger partial charge in [0.2, 0.25) is 10.0 Å². The minimum absolute atomic E-state index is 0.210. The number of likely N-dealkylation sites (tertiary alicyclic amines) is 1. The van der Waals surface area contributed by atoms with Gasteiger partial charge in [0.05, 0.1) is 11.6 Å². The molecule has 1 N–H and O–H groups in total. The number of carbonyl (C=O) groups is 1. The molecule has 0 radical (unpaired) electrons. The Morgan fingerprint density at radius 3 is 2.21 bits per heavy atom. The molecule has 0 spiro atoms. The van der Waals surface area contributed by atoms with Crippen LogP contribution in [-0.2, 0) is 10.0 Å². The molecule has 1 aromatic carbocycles. The zero-order valence-electron chi connectivity index (χ0n) is 16.7. The lowest BCUT2D eigenvalue weighted by atomic mass is 9.90. The third kappa shape index (κ3) is 4.47. The highest BCUT2D eigenvalue weighted by molar-refractivity contribution is 7.89. The maximum absolute atomic E-state index is 12.9. The van der Waals surface area contributed by atoms with Crippen LogP contribution in [0.3, 0.4) is 0 Å². The van der Waals surface area contributed by atoms with Crippen molar-refractivity contribution in [2.75, 3.05) is 26.2 Å². The Bertz CT molecular complexity index is 854. The Balaban J connectivity index is 1.53. The lowest BCUT2D eigenvalue weighted by molar-refractivity contribution is 0.158. The number of nitriles is 1. The van der Waals surface area contributed by atoms with E-state index in [2.05, 4.69) is 11.4 Å². The smallest absolute Gasteiger partial charge is 0.317 e. The highest BCUT2D eigenvalue weighted by atomic mass is 32.2. The van der Waals surface area contributed by atoms with Gasteiger partial charge in [-0.25, -0.2) is 17.5 Å². The summed E-state index contributed by atoms with van der Waals surface area (Å²) in [7, 11) is -3.38. The highest BCUT2D eigenvalue weighted by Crippen LogP contribution is 2.31. The van der Waals surface area contributed by atoms with Gasteiger partial charge in [0, 0.05) is 31.7 Å². The van der Waals surface area contributed by atoms with E-state index in [1.54, 1.807) is 9.21 Å². The van der Waals surface area contributed by atoms with Crippen LogP contribution in [0, 0.1) is 11.3 Å². The van der Waals surface area contributed by atoms with Crippen LogP contribution < -0.4 is 5.32 Å². The minimum atomic E-state index is -3.38. The molecule has 3 rings (SSSR count). The fraction of sp³-hybridized carbons (Fsp3) is 0.600. The Morgan fingerprint density at radius 2 is 1.71 bits per heavy atom. The molecule has 0 aliphatic carbocycles. The molecule has 28 heavy (non-hydrogen) atoms.